The molecule has 0 aromatic rings. The molecular formula is C3H2NO. The summed E-state index contributed by atoms with van der Waals surface area (Å²) in [5, 5.41) is 2.44. The maximum Gasteiger partial charge on any atom is 0.312 e. The fourth-order valence-corrected chi connectivity index (χ4v) is 0.147. The molecule has 0 atom stereocenters. The van der Waals surface area contributed by atoms with Crippen LogP contribution >= 0.6 is 0 Å². The predicted octanol–water partition coefficient (Wildman–Crippen LogP) is -0.123. The van der Waals surface area contributed by atoms with E-state index < -0.39 is 0 Å². The number of nitrogens with one attached hydrogen (secondary N) is 1. The van der Waals surface area contributed by atoms with Crippen molar-refractivity contribution >= 4 is 0 Å². The first kappa shape index (κ1) is 2.57. The standard InChI is InChI=1S/C3H2NO/c1-2-5-3-4-1/h2,4H. The van der Waals surface area contributed by atoms with Gasteiger partial charge in [0.2, 0.25) is 0 Å². The topological polar surface area (TPSA) is 21.3 Å². The van der Waals surface area contributed by atoms with Crippen molar-refractivity contribution in [2.24, 2.45) is 0 Å². The molecule has 3 radical (unpaired) electrons. The fraction of sp³-hybridized carbons (Fsp3) is 0. The lowest BCUT2D eigenvalue weighted by Gasteiger charge is -1.76. The summed E-state index contributed by atoms with van der Waals surface area (Å²) in [7, 11) is 0. The molecule has 0 saturated heterocycles. The van der Waals surface area contributed by atoms with E-state index in [-0.39, 0.29) is 0 Å². The van der Waals surface area contributed by atoms with Gasteiger partial charge in [-0.3, -0.25) is 0 Å². The van der Waals surface area contributed by atoms with E-state index in [1.807, 2.05) is 0 Å². The highest BCUT2D eigenvalue weighted by Crippen LogP contribution is 1.83. The third-order valence-electron chi connectivity index (χ3n) is 0.300. The van der Waals surface area contributed by atoms with E-state index in [9.17, 15) is 0 Å². The molecule has 0 saturated carbocycles. The molecule has 5 heavy (non-hydrogen) atoms. The second kappa shape index (κ2) is 0.971. The lowest BCUT2D eigenvalue weighted by molar-refractivity contribution is 0.345. The Kier molecular flexibility index (Phi) is 0.499. The Labute approximate surface area is 30.4 Å². The van der Waals surface area contributed by atoms with Crippen LogP contribution in [0.15, 0.2) is 6.26 Å². The van der Waals surface area contributed by atoms with Gasteiger partial charge in [0.15, 0.2) is 0 Å². The van der Waals surface area contributed by atoms with Crippen LogP contribution in [0.5, 0.6) is 0 Å². The van der Waals surface area contributed by atoms with Gasteiger partial charge in [0.1, 0.15) is 6.26 Å². The summed E-state index contributed by atoms with van der Waals surface area (Å²) < 4.78 is 4.35. The quantitative estimate of drug-likeness (QED) is 0.427. The van der Waals surface area contributed by atoms with E-state index in [0.717, 1.165) is 0 Å². The van der Waals surface area contributed by atoms with Crippen molar-refractivity contribution in [1.29, 1.82) is 0 Å². The normalized spacial score (nSPS) is 17.6. The second-order valence-electron chi connectivity index (χ2n) is 0.607. The second-order valence-corrected chi connectivity index (χ2v) is 0.607. The molecule has 1 N–H and O–H groups in total. The van der Waals surface area contributed by atoms with Gasteiger partial charge in [-0.05, 0) is 0 Å². The van der Waals surface area contributed by atoms with Crippen LogP contribution in [0.1, 0.15) is 0 Å². The summed E-state index contributed by atoms with van der Waals surface area (Å²) >= 11 is 0. The zero-order valence-corrected chi connectivity index (χ0v) is 2.49. The number of hydrogen-bond donors (Lipinski definition) is 1. The van der Waals surface area contributed by atoms with Crippen molar-refractivity contribution in [2.75, 3.05) is 0 Å². The van der Waals surface area contributed by atoms with E-state index in [2.05, 4.69) is 23.0 Å². The molecule has 0 aromatic carbocycles. The summed E-state index contributed by atoms with van der Waals surface area (Å²) in [5.74, 6) is 0. The van der Waals surface area contributed by atoms with Crippen LogP contribution in [0, 0.1) is 12.9 Å². The van der Waals surface area contributed by atoms with Crippen molar-refractivity contribution in [1.82, 2.24) is 5.32 Å². The minimum Gasteiger partial charge on any atom is -0.461 e. The average Bonchev–Trinajstić information content (AvgIpc) is 1.76. The largest absolute Gasteiger partial charge is 0.461 e. The minimum absolute atomic E-state index is 1.39. The fourth-order valence-electron chi connectivity index (χ4n) is 0.147. The lowest BCUT2D eigenvalue weighted by atomic mass is 11.0. The van der Waals surface area contributed by atoms with Gasteiger partial charge in [0.25, 0.3) is 0 Å². The third kappa shape index (κ3) is 0.318. The van der Waals surface area contributed by atoms with Crippen molar-refractivity contribution in [3.63, 3.8) is 0 Å². The first-order chi connectivity index (χ1) is 2.50. The van der Waals surface area contributed by atoms with Crippen LogP contribution in [0.4, 0.5) is 0 Å². The Morgan fingerprint density at radius 3 is 3.00 bits per heavy atom. The van der Waals surface area contributed by atoms with E-state index in [1.165, 1.54) is 6.26 Å². The zero-order chi connectivity index (χ0) is 3.54. The van der Waals surface area contributed by atoms with Gasteiger partial charge in [-0.2, -0.15) is 0 Å². The van der Waals surface area contributed by atoms with E-state index in [0.29, 0.717) is 0 Å². The van der Waals surface area contributed by atoms with Crippen LogP contribution in [-0.2, 0) is 4.74 Å². The Bertz CT molecular complexity index is 44.9. The molecule has 2 nitrogen and oxygen atoms in total. The number of rotatable bonds is 0. The van der Waals surface area contributed by atoms with E-state index in [4.69, 9.17) is 0 Å². The third-order valence-corrected chi connectivity index (χ3v) is 0.300. The van der Waals surface area contributed by atoms with Gasteiger partial charge in [-0.15, -0.1) is 0 Å². The van der Waals surface area contributed by atoms with E-state index in [1.54, 1.807) is 0 Å². The highest BCUT2D eigenvalue weighted by atomic mass is 16.5. The smallest absolute Gasteiger partial charge is 0.312 e. The van der Waals surface area contributed by atoms with Crippen molar-refractivity contribution < 1.29 is 4.74 Å². The average molecular weight is 68.1 g/mol. The Balaban J connectivity index is 2.32. The Hall–Kier alpha value is -0.660. The van der Waals surface area contributed by atoms with Crippen molar-refractivity contribution in [3.05, 3.63) is 19.2 Å². The molecule has 2 heteroatoms. The molecule has 1 rings (SSSR count). The summed E-state index contributed by atoms with van der Waals surface area (Å²) in [6.45, 7) is 2.31. The molecule has 1 heterocycles. The first-order valence-electron chi connectivity index (χ1n) is 1.23. The Morgan fingerprint density at radius 2 is 2.80 bits per heavy atom. The molecule has 0 bridgehead atoms. The molecular weight excluding hydrogens is 66.0 g/mol. The maximum atomic E-state index is 4.35. The monoisotopic (exact) mass is 68.0 g/mol. The summed E-state index contributed by atoms with van der Waals surface area (Å²) in [5.41, 5.74) is 0. The highest BCUT2D eigenvalue weighted by molar-refractivity contribution is 4.71. The Morgan fingerprint density at radius 1 is 1.80 bits per heavy atom. The van der Waals surface area contributed by atoms with E-state index >= 15 is 0 Å². The predicted molar refractivity (Wildman–Crippen MR) is 15.3 cm³/mol. The van der Waals surface area contributed by atoms with Crippen LogP contribution in [0.25, 0.3) is 0 Å². The van der Waals surface area contributed by atoms with Gasteiger partial charge < -0.3 is 10.1 Å². The number of hydrogen-bond acceptors (Lipinski definition) is 2. The summed E-state index contributed by atoms with van der Waals surface area (Å²) in [4.78, 5) is 0. The summed E-state index contributed by atoms with van der Waals surface area (Å²) in [6, 6.07) is 0. The zero-order valence-electron chi connectivity index (χ0n) is 2.49. The van der Waals surface area contributed by atoms with Gasteiger partial charge >= 0.3 is 6.73 Å². The van der Waals surface area contributed by atoms with Crippen LogP contribution < -0.4 is 5.32 Å². The molecule has 1 aliphatic rings. The molecule has 0 aliphatic carbocycles. The molecule has 0 amide bonds. The molecule has 0 fully saturated rings. The molecule has 0 spiro atoms. The molecule has 0 aromatic heterocycles. The molecule has 1 aliphatic heterocycles. The maximum absolute atomic E-state index is 4.35. The van der Waals surface area contributed by atoms with Gasteiger partial charge in [-0.25, -0.2) is 0 Å². The lowest BCUT2D eigenvalue weighted by Crippen LogP contribution is -1.91. The SMILES string of the molecule is [C]1N[C]=CO1. The van der Waals surface area contributed by atoms with Gasteiger partial charge in [-0.1, -0.05) is 0 Å². The number of ether oxygens (including phenoxy) is 1. The first-order valence-corrected chi connectivity index (χ1v) is 1.23. The van der Waals surface area contributed by atoms with Gasteiger partial charge in [0.05, 0.1) is 6.20 Å². The van der Waals surface area contributed by atoms with Crippen molar-refractivity contribution in [3.8, 4) is 0 Å². The van der Waals surface area contributed by atoms with Crippen LogP contribution in [-0.4, -0.2) is 0 Å². The minimum atomic E-state index is 1.39. The molecule has 0 unspecified atom stereocenters. The highest BCUT2D eigenvalue weighted by Gasteiger charge is 1.86. The molecule has 25 valence electrons. The van der Waals surface area contributed by atoms with Gasteiger partial charge in [0, 0.05) is 0 Å². The summed E-state index contributed by atoms with van der Waals surface area (Å²) in [6.07, 6.45) is 3.90. The van der Waals surface area contributed by atoms with Crippen LogP contribution in [0.2, 0.25) is 0 Å². The van der Waals surface area contributed by atoms with Crippen LogP contribution in [0.3, 0.4) is 0 Å². The van der Waals surface area contributed by atoms with Crippen molar-refractivity contribution in [2.45, 2.75) is 0 Å².